The van der Waals surface area contributed by atoms with Gasteiger partial charge in [0, 0.05) is 16.8 Å². The van der Waals surface area contributed by atoms with E-state index < -0.39 is 7.12 Å². The molecule has 0 fully saturated rings. The third-order valence-electron chi connectivity index (χ3n) is 2.57. The van der Waals surface area contributed by atoms with E-state index in [0.717, 1.165) is 5.69 Å². The maximum Gasteiger partial charge on any atom is 0.490 e. The van der Waals surface area contributed by atoms with Gasteiger partial charge in [-0.1, -0.05) is 35.9 Å². The lowest BCUT2D eigenvalue weighted by Crippen LogP contribution is -2.31. The first-order chi connectivity index (χ1) is 8.16. The summed E-state index contributed by atoms with van der Waals surface area (Å²) in [5.41, 5.74) is 3.27. The molecule has 3 N–H and O–H groups in total. The Balaban J connectivity index is 2.26. The van der Waals surface area contributed by atoms with Crippen molar-refractivity contribution in [3.63, 3.8) is 0 Å². The molecule has 0 aliphatic carbocycles. The average Bonchev–Trinajstić information content (AvgIpc) is 2.32. The quantitative estimate of drug-likeness (QED) is 0.695. The Hall–Kier alpha value is -1.78. The molecule has 2 aromatic rings. The predicted octanol–water partition coefficient (Wildman–Crippen LogP) is 1.42. The molecule has 0 unspecified atom stereocenters. The average molecular weight is 227 g/mol. The fraction of sp³-hybridized carbons (Fsp3) is 0.0769. The van der Waals surface area contributed by atoms with Crippen molar-refractivity contribution >= 4 is 24.0 Å². The molecule has 4 heteroatoms. The van der Waals surface area contributed by atoms with Crippen molar-refractivity contribution in [1.82, 2.24) is 0 Å². The highest BCUT2D eigenvalue weighted by atomic mass is 16.4. The minimum Gasteiger partial charge on any atom is -0.423 e. The van der Waals surface area contributed by atoms with Crippen LogP contribution in [0.5, 0.6) is 0 Å². The van der Waals surface area contributed by atoms with Crippen molar-refractivity contribution < 1.29 is 10.0 Å². The second kappa shape index (κ2) is 5.04. The molecule has 2 rings (SSSR count). The number of hydrogen-bond acceptors (Lipinski definition) is 3. The summed E-state index contributed by atoms with van der Waals surface area (Å²) in [6.45, 7) is 2.02. The third-order valence-corrected chi connectivity index (χ3v) is 2.57. The standard InChI is InChI=1S/C13H14BNO2/c1-10-6-8-11(9-7-10)15-13-5-3-2-4-12(13)14(16)17/h2-9,15-17H,1H3. The van der Waals surface area contributed by atoms with Crippen LogP contribution in [-0.4, -0.2) is 17.2 Å². The number of para-hydroxylation sites is 1. The van der Waals surface area contributed by atoms with Crippen LogP contribution in [-0.2, 0) is 0 Å². The van der Waals surface area contributed by atoms with Crippen LogP contribution < -0.4 is 10.8 Å². The van der Waals surface area contributed by atoms with E-state index in [4.69, 9.17) is 0 Å². The highest BCUT2D eigenvalue weighted by Crippen LogP contribution is 2.15. The van der Waals surface area contributed by atoms with Crippen LogP contribution in [0.15, 0.2) is 48.5 Å². The molecule has 0 saturated heterocycles. The SMILES string of the molecule is Cc1ccc(Nc2ccccc2B(O)O)cc1. The van der Waals surface area contributed by atoms with Crippen LogP contribution in [0, 0.1) is 6.92 Å². The molecule has 0 aliphatic heterocycles. The highest BCUT2D eigenvalue weighted by molar-refractivity contribution is 6.60. The van der Waals surface area contributed by atoms with Crippen molar-refractivity contribution in [3.8, 4) is 0 Å². The lowest BCUT2D eigenvalue weighted by molar-refractivity contribution is 0.426. The minimum absolute atomic E-state index is 0.466. The molecule has 2 aromatic carbocycles. The van der Waals surface area contributed by atoms with Crippen LogP contribution in [0.3, 0.4) is 0 Å². The maximum absolute atomic E-state index is 9.24. The summed E-state index contributed by atoms with van der Waals surface area (Å²) in [6, 6.07) is 15.0. The molecule has 0 bridgehead atoms. The number of aryl methyl sites for hydroxylation is 1. The van der Waals surface area contributed by atoms with Crippen molar-refractivity contribution in [3.05, 3.63) is 54.1 Å². The Morgan fingerprint density at radius 3 is 2.24 bits per heavy atom. The van der Waals surface area contributed by atoms with E-state index >= 15 is 0 Å². The Labute approximate surface area is 101 Å². The van der Waals surface area contributed by atoms with Crippen LogP contribution in [0.2, 0.25) is 0 Å². The van der Waals surface area contributed by atoms with E-state index in [2.05, 4.69) is 5.32 Å². The van der Waals surface area contributed by atoms with Gasteiger partial charge in [-0.05, 0) is 25.1 Å². The zero-order valence-electron chi connectivity index (χ0n) is 9.59. The largest absolute Gasteiger partial charge is 0.490 e. The minimum atomic E-state index is -1.47. The normalized spacial score (nSPS) is 10.1. The van der Waals surface area contributed by atoms with Crippen LogP contribution in [0.25, 0.3) is 0 Å². The predicted molar refractivity (Wildman–Crippen MR) is 70.7 cm³/mol. The summed E-state index contributed by atoms with van der Waals surface area (Å²) in [6.07, 6.45) is 0. The van der Waals surface area contributed by atoms with Crippen LogP contribution in [0.1, 0.15) is 5.56 Å². The first-order valence-electron chi connectivity index (χ1n) is 5.45. The smallest absolute Gasteiger partial charge is 0.423 e. The monoisotopic (exact) mass is 227 g/mol. The summed E-state index contributed by atoms with van der Waals surface area (Å²) in [4.78, 5) is 0. The van der Waals surface area contributed by atoms with Gasteiger partial charge in [-0.3, -0.25) is 0 Å². The second-order valence-electron chi connectivity index (χ2n) is 3.95. The van der Waals surface area contributed by atoms with E-state index in [9.17, 15) is 10.0 Å². The zero-order chi connectivity index (χ0) is 12.3. The van der Waals surface area contributed by atoms with Crippen molar-refractivity contribution in [2.24, 2.45) is 0 Å². The Morgan fingerprint density at radius 1 is 0.941 bits per heavy atom. The van der Waals surface area contributed by atoms with Gasteiger partial charge >= 0.3 is 7.12 Å². The fourth-order valence-electron chi connectivity index (χ4n) is 1.63. The molecule has 0 atom stereocenters. The molecule has 0 radical (unpaired) electrons. The molecule has 17 heavy (non-hydrogen) atoms. The maximum atomic E-state index is 9.24. The van der Waals surface area contributed by atoms with Gasteiger partial charge in [-0.2, -0.15) is 0 Å². The summed E-state index contributed by atoms with van der Waals surface area (Å²) < 4.78 is 0. The Morgan fingerprint density at radius 2 is 1.59 bits per heavy atom. The third kappa shape index (κ3) is 2.87. The highest BCUT2D eigenvalue weighted by Gasteiger charge is 2.14. The van der Waals surface area contributed by atoms with Crippen LogP contribution in [0.4, 0.5) is 11.4 Å². The summed E-state index contributed by atoms with van der Waals surface area (Å²) >= 11 is 0. The first-order valence-corrected chi connectivity index (χ1v) is 5.45. The van der Waals surface area contributed by atoms with Gasteiger partial charge in [-0.15, -0.1) is 0 Å². The van der Waals surface area contributed by atoms with E-state index in [-0.39, 0.29) is 0 Å². The van der Waals surface area contributed by atoms with E-state index in [1.54, 1.807) is 12.1 Å². The molecule has 0 aliphatic rings. The van der Waals surface area contributed by atoms with E-state index in [0.29, 0.717) is 11.2 Å². The van der Waals surface area contributed by atoms with Gasteiger partial charge in [0.15, 0.2) is 0 Å². The molecule has 0 spiro atoms. The number of hydrogen-bond donors (Lipinski definition) is 3. The molecular formula is C13H14BNO2. The van der Waals surface area contributed by atoms with Crippen LogP contribution >= 0.6 is 0 Å². The topological polar surface area (TPSA) is 52.5 Å². The molecule has 3 nitrogen and oxygen atoms in total. The summed E-state index contributed by atoms with van der Waals surface area (Å²) in [5, 5.41) is 21.6. The van der Waals surface area contributed by atoms with Gasteiger partial charge in [0.1, 0.15) is 0 Å². The molecular weight excluding hydrogens is 213 g/mol. The van der Waals surface area contributed by atoms with Gasteiger partial charge in [0.25, 0.3) is 0 Å². The lowest BCUT2D eigenvalue weighted by atomic mass is 9.79. The Kier molecular flexibility index (Phi) is 3.47. The van der Waals surface area contributed by atoms with E-state index in [1.165, 1.54) is 5.56 Å². The zero-order valence-corrected chi connectivity index (χ0v) is 9.59. The molecule has 0 aromatic heterocycles. The van der Waals surface area contributed by atoms with Gasteiger partial charge < -0.3 is 15.4 Å². The van der Waals surface area contributed by atoms with Gasteiger partial charge in [0.2, 0.25) is 0 Å². The number of benzene rings is 2. The molecule has 0 amide bonds. The van der Waals surface area contributed by atoms with Crippen molar-refractivity contribution in [2.45, 2.75) is 6.92 Å². The summed E-state index contributed by atoms with van der Waals surface area (Å²) in [7, 11) is -1.47. The van der Waals surface area contributed by atoms with E-state index in [1.807, 2.05) is 43.3 Å². The molecule has 0 heterocycles. The molecule has 86 valence electrons. The van der Waals surface area contributed by atoms with Crippen molar-refractivity contribution in [1.29, 1.82) is 0 Å². The lowest BCUT2D eigenvalue weighted by Gasteiger charge is -2.11. The van der Waals surface area contributed by atoms with Gasteiger partial charge in [-0.25, -0.2) is 0 Å². The number of nitrogens with one attached hydrogen (secondary N) is 1. The number of rotatable bonds is 3. The molecule has 0 saturated carbocycles. The Bertz CT molecular complexity index is 497. The number of anilines is 2. The second-order valence-corrected chi connectivity index (χ2v) is 3.95. The summed E-state index contributed by atoms with van der Waals surface area (Å²) in [5.74, 6) is 0. The van der Waals surface area contributed by atoms with Crippen molar-refractivity contribution in [2.75, 3.05) is 5.32 Å². The fourth-order valence-corrected chi connectivity index (χ4v) is 1.63. The van der Waals surface area contributed by atoms with Gasteiger partial charge in [0.05, 0.1) is 0 Å². The first kappa shape index (κ1) is 11.7.